The van der Waals surface area contributed by atoms with Crippen LogP contribution in [0.1, 0.15) is 20.3 Å². The third kappa shape index (κ3) is 8.63. The Labute approximate surface area is 96.8 Å². The van der Waals surface area contributed by atoms with Gasteiger partial charge in [-0.3, -0.25) is 4.79 Å². The minimum Gasteiger partial charge on any atom is -0.468 e. The van der Waals surface area contributed by atoms with Gasteiger partial charge < -0.3 is 10.1 Å². The van der Waals surface area contributed by atoms with Gasteiger partial charge >= 0.3 is 5.97 Å². The molecule has 0 aliphatic heterocycles. The standard InChI is InChI=1S/C9H20N2O4S/c1-8(2)10-5-4-6-11-16(13,14)7-9(12)15-3/h8,10-11H,4-7H2,1-3H3. The molecule has 0 aromatic heterocycles. The van der Waals surface area contributed by atoms with E-state index in [-0.39, 0.29) is 0 Å². The van der Waals surface area contributed by atoms with Crippen LogP contribution in [0.25, 0.3) is 0 Å². The maximum Gasteiger partial charge on any atom is 0.322 e. The SMILES string of the molecule is COC(=O)CS(=O)(=O)NCCCNC(C)C. The highest BCUT2D eigenvalue weighted by Gasteiger charge is 2.15. The minimum absolute atomic E-state index is 0.318. The molecular formula is C9H20N2O4S. The van der Waals surface area contributed by atoms with E-state index in [0.29, 0.717) is 19.0 Å². The monoisotopic (exact) mass is 252 g/mol. The van der Waals surface area contributed by atoms with Gasteiger partial charge in [0.1, 0.15) is 0 Å². The number of rotatable bonds is 8. The molecule has 0 fully saturated rings. The molecule has 0 saturated carbocycles. The molecule has 0 aromatic rings. The van der Waals surface area contributed by atoms with Gasteiger partial charge in [-0.25, -0.2) is 13.1 Å². The van der Waals surface area contributed by atoms with Crippen LogP contribution in [0, 0.1) is 0 Å². The Morgan fingerprint density at radius 1 is 1.31 bits per heavy atom. The van der Waals surface area contributed by atoms with E-state index >= 15 is 0 Å². The fraction of sp³-hybridized carbons (Fsp3) is 0.889. The van der Waals surface area contributed by atoms with Gasteiger partial charge in [0.05, 0.1) is 7.11 Å². The van der Waals surface area contributed by atoms with Crippen molar-refractivity contribution >= 4 is 16.0 Å². The van der Waals surface area contributed by atoms with Crippen molar-refractivity contribution in [1.82, 2.24) is 10.0 Å². The zero-order valence-electron chi connectivity index (χ0n) is 9.95. The zero-order chi connectivity index (χ0) is 12.6. The van der Waals surface area contributed by atoms with Crippen LogP contribution >= 0.6 is 0 Å². The van der Waals surface area contributed by atoms with Crippen LogP contribution in [-0.4, -0.2) is 46.4 Å². The molecule has 0 amide bonds. The molecule has 0 aromatic carbocycles. The van der Waals surface area contributed by atoms with Crippen molar-refractivity contribution in [3.8, 4) is 0 Å². The van der Waals surface area contributed by atoms with Gasteiger partial charge in [-0.1, -0.05) is 13.8 Å². The molecule has 16 heavy (non-hydrogen) atoms. The van der Waals surface area contributed by atoms with Crippen LogP contribution in [0.5, 0.6) is 0 Å². The maximum atomic E-state index is 11.3. The molecule has 0 unspecified atom stereocenters. The van der Waals surface area contributed by atoms with Gasteiger partial charge in [0.2, 0.25) is 10.0 Å². The Bertz CT molecular complexity index is 301. The lowest BCUT2D eigenvalue weighted by Crippen LogP contribution is -2.33. The summed E-state index contributed by atoms with van der Waals surface area (Å²) >= 11 is 0. The van der Waals surface area contributed by atoms with Crippen molar-refractivity contribution in [2.45, 2.75) is 26.3 Å². The molecule has 0 aliphatic carbocycles. The second-order valence-corrected chi connectivity index (χ2v) is 5.50. The topological polar surface area (TPSA) is 84.5 Å². The molecule has 0 radical (unpaired) electrons. The number of nitrogens with one attached hydrogen (secondary N) is 2. The first kappa shape index (κ1) is 15.3. The average molecular weight is 252 g/mol. The van der Waals surface area contributed by atoms with E-state index in [9.17, 15) is 13.2 Å². The predicted octanol–water partition coefficient (Wildman–Crippen LogP) is -0.533. The Kier molecular flexibility index (Phi) is 7.27. The summed E-state index contributed by atoms with van der Waals surface area (Å²) in [5.74, 6) is -1.38. The summed E-state index contributed by atoms with van der Waals surface area (Å²) in [7, 11) is -2.39. The third-order valence-electron chi connectivity index (χ3n) is 1.76. The molecule has 0 rings (SSSR count). The molecule has 0 saturated heterocycles. The molecule has 0 heterocycles. The van der Waals surface area contributed by atoms with Crippen molar-refractivity contribution in [2.24, 2.45) is 0 Å². The zero-order valence-corrected chi connectivity index (χ0v) is 10.8. The first-order valence-corrected chi connectivity index (χ1v) is 6.80. The second kappa shape index (κ2) is 7.59. The van der Waals surface area contributed by atoms with Crippen LogP contribution < -0.4 is 10.0 Å². The second-order valence-electron chi connectivity index (χ2n) is 3.69. The molecular weight excluding hydrogens is 232 g/mol. The first-order valence-electron chi connectivity index (χ1n) is 5.15. The fourth-order valence-corrected chi connectivity index (χ4v) is 1.96. The smallest absolute Gasteiger partial charge is 0.322 e. The summed E-state index contributed by atoms with van der Waals surface area (Å²) in [6.45, 7) is 5.08. The van der Waals surface area contributed by atoms with E-state index in [1.807, 2.05) is 13.8 Å². The number of methoxy groups -OCH3 is 1. The third-order valence-corrected chi connectivity index (χ3v) is 3.02. The van der Waals surface area contributed by atoms with Gasteiger partial charge in [0.15, 0.2) is 5.75 Å². The Balaban J connectivity index is 3.71. The van der Waals surface area contributed by atoms with E-state index in [1.165, 1.54) is 0 Å². The van der Waals surface area contributed by atoms with Gasteiger partial charge in [-0.05, 0) is 13.0 Å². The number of ether oxygens (including phenoxy) is 1. The molecule has 0 bridgehead atoms. The van der Waals surface area contributed by atoms with Gasteiger partial charge in [0.25, 0.3) is 0 Å². The van der Waals surface area contributed by atoms with Crippen LogP contribution in [0.4, 0.5) is 0 Å². The Morgan fingerprint density at radius 2 is 1.94 bits per heavy atom. The van der Waals surface area contributed by atoms with E-state index in [2.05, 4.69) is 14.8 Å². The van der Waals surface area contributed by atoms with Crippen LogP contribution in [-0.2, 0) is 19.6 Å². The lowest BCUT2D eigenvalue weighted by molar-refractivity contribution is -0.137. The Hall–Kier alpha value is -0.660. The molecule has 96 valence electrons. The van der Waals surface area contributed by atoms with Gasteiger partial charge in [-0.2, -0.15) is 0 Å². The average Bonchev–Trinajstić information content (AvgIpc) is 2.15. The molecule has 7 heteroatoms. The lowest BCUT2D eigenvalue weighted by atomic mass is 10.3. The maximum absolute atomic E-state index is 11.3. The fourth-order valence-electron chi connectivity index (χ4n) is 0.972. The number of sulfonamides is 1. The normalized spacial score (nSPS) is 11.8. The predicted molar refractivity (Wildman–Crippen MR) is 61.6 cm³/mol. The van der Waals surface area contributed by atoms with Crippen molar-refractivity contribution in [3.63, 3.8) is 0 Å². The van der Waals surface area contributed by atoms with Gasteiger partial charge in [-0.15, -0.1) is 0 Å². The number of esters is 1. The van der Waals surface area contributed by atoms with E-state index < -0.39 is 21.7 Å². The molecule has 0 spiro atoms. The summed E-state index contributed by atoms with van der Waals surface area (Å²) in [6.07, 6.45) is 0.679. The summed E-state index contributed by atoms with van der Waals surface area (Å²) < 4.78 is 29.1. The molecule has 6 nitrogen and oxygen atoms in total. The Morgan fingerprint density at radius 3 is 2.44 bits per heavy atom. The molecule has 0 atom stereocenters. The summed E-state index contributed by atoms with van der Waals surface area (Å²) in [6, 6.07) is 0.381. The number of carbonyl (C=O) groups excluding carboxylic acids is 1. The quantitative estimate of drug-likeness (QED) is 0.448. The summed E-state index contributed by atoms with van der Waals surface area (Å²) in [5, 5.41) is 3.16. The molecule has 2 N–H and O–H groups in total. The van der Waals surface area contributed by atoms with Crippen molar-refractivity contribution in [3.05, 3.63) is 0 Å². The van der Waals surface area contributed by atoms with Crippen molar-refractivity contribution < 1.29 is 17.9 Å². The lowest BCUT2D eigenvalue weighted by Gasteiger charge is -2.08. The van der Waals surface area contributed by atoms with E-state index in [1.54, 1.807) is 0 Å². The minimum atomic E-state index is -3.55. The summed E-state index contributed by atoms with van der Waals surface area (Å²) in [5.41, 5.74) is 0. The van der Waals surface area contributed by atoms with E-state index in [0.717, 1.165) is 13.7 Å². The highest BCUT2D eigenvalue weighted by atomic mass is 32.2. The van der Waals surface area contributed by atoms with E-state index in [4.69, 9.17) is 0 Å². The van der Waals surface area contributed by atoms with Crippen molar-refractivity contribution in [1.29, 1.82) is 0 Å². The van der Waals surface area contributed by atoms with Crippen LogP contribution in [0.15, 0.2) is 0 Å². The molecule has 0 aliphatic rings. The largest absolute Gasteiger partial charge is 0.468 e. The van der Waals surface area contributed by atoms with Gasteiger partial charge in [0, 0.05) is 12.6 Å². The first-order chi connectivity index (χ1) is 7.37. The van der Waals surface area contributed by atoms with Crippen LogP contribution in [0.3, 0.4) is 0 Å². The number of hydrogen-bond acceptors (Lipinski definition) is 5. The summed E-state index contributed by atoms with van der Waals surface area (Å²) in [4.78, 5) is 10.8. The highest BCUT2D eigenvalue weighted by molar-refractivity contribution is 7.90. The van der Waals surface area contributed by atoms with Crippen LogP contribution in [0.2, 0.25) is 0 Å². The highest BCUT2D eigenvalue weighted by Crippen LogP contribution is 1.88. The number of carbonyl (C=O) groups is 1. The number of hydrogen-bond donors (Lipinski definition) is 2. The van der Waals surface area contributed by atoms with Crippen molar-refractivity contribution in [2.75, 3.05) is 26.0 Å².